The molecule has 1 aromatic rings. The predicted octanol–water partition coefficient (Wildman–Crippen LogP) is 2.80. The van der Waals surface area contributed by atoms with E-state index in [1.807, 2.05) is 12.1 Å². The molecule has 2 rings (SSSR count). The summed E-state index contributed by atoms with van der Waals surface area (Å²) in [5.74, 6) is 0.976. The molecule has 0 spiro atoms. The Balaban J connectivity index is 1.66. The number of nitrogens with one attached hydrogen (secondary N) is 1. The fourth-order valence-corrected chi connectivity index (χ4v) is 2.31. The summed E-state index contributed by atoms with van der Waals surface area (Å²) in [6.07, 6.45) is 9.03. The number of aromatic hydroxyl groups is 1. The largest absolute Gasteiger partial charge is 0.508 e. The summed E-state index contributed by atoms with van der Waals surface area (Å²) in [5.41, 5.74) is 1.08. The first-order chi connectivity index (χ1) is 9.24. The van der Waals surface area contributed by atoms with Gasteiger partial charge in [0, 0.05) is 13.0 Å². The van der Waals surface area contributed by atoms with Crippen molar-refractivity contribution in [3.63, 3.8) is 0 Å². The minimum absolute atomic E-state index is 0.114. The van der Waals surface area contributed by atoms with Crippen molar-refractivity contribution in [2.75, 3.05) is 6.54 Å². The van der Waals surface area contributed by atoms with Gasteiger partial charge in [-0.2, -0.15) is 0 Å². The van der Waals surface area contributed by atoms with Gasteiger partial charge >= 0.3 is 0 Å². The first kappa shape index (κ1) is 13.7. The third-order valence-electron chi connectivity index (χ3n) is 3.54. The van der Waals surface area contributed by atoms with Gasteiger partial charge < -0.3 is 10.4 Å². The maximum atomic E-state index is 11.7. The molecule has 1 atom stereocenters. The molecule has 0 bridgehead atoms. The number of hydrogen-bond donors (Lipinski definition) is 2. The molecule has 0 saturated carbocycles. The van der Waals surface area contributed by atoms with Crippen molar-refractivity contribution in [1.29, 1.82) is 0 Å². The zero-order valence-electron chi connectivity index (χ0n) is 11.1. The van der Waals surface area contributed by atoms with Crippen molar-refractivity contribution in [3.05, 3.63) is 42.0 Å². The number of allylic oxidation sites excluding steroid dienone is 2. The number of carbonyl (C=O) groups excluding carboxylic acids is 1. The van der Waals surface area contributed by atoms with Crippen molar-refractivity contribution in [1.82, 2.24) is 5.32 Å². The average molecular weight is 259 g/mol. The zero-order valence-corrected chi connectivity index (χ0v) is 11.1. The van der Waals surface area contributed by atoms with E-state index >= 15 is 0 Å². The summed E-state index contributed by atoms with van der Waals surface area (Å²) in [4.78, 5) is 11.7. The number of benzene rings is 1. The van der Waals surface area contributed by atoms with Gasteiger partial charge in [-0.05, 0) is 49.3 Å². The van der Waals surface area contributed by atoms with Gasteiger partial charge in [-0.1, -0.05) is 24.3 Å². The van der Waals surface area contributed by atoms with Crippen molar-refractivity contribution in [2.45, 2.75) is 32.1 Å². The summed E-state index contributed by atoms with van der Waals surface area (Å²) in [6, 6.07) is 7.02. The predicted molar refractivity (Wildman–Crippen MR) is 75.9 cm³/mol. The first-order valence-corrected chi connectivity index (χ1v) is 6.93. The van der Waals surface area contributed by atoms with Crippen LogP contribution < -0.4 is 5.32 Å². The summed E-state index contributed by atoms with van der Waals surface area (Å²) in [5, 5.41) is 12.2. The lowest BCUT2D eigenvalue weighted by atomic mass is 9.94. The van der Waals surface area contributed by atoms with Crippen molar-refractivity contribution in [2.24, 2.45) is 5.92 Å². The number of phenols is 1. The van der Waals surface area contributed by atoms with E-state index in [-0.39, 0.29) is 11.7 Å². The van der Waals surface area contributed by atoms with Crippen LogP contribution >= 0.6 is 0 Å². The normalized spacial score (nSPS) is 18.2. The molecule has 1 unspecified atom stereocenters. The van der Waals surface area contributed by atoms with Gasteiger partial charge in [0.15, 0.2) is 0 Å². The van der Waals surface area contributed by atoms with Crippen LogP contribution in [0.5, 0.6) is 5.75 Å². The summed E-state index contributed by atoms with van der Waals surface area (Å²) in [6.45, 7) is 0.790. The molecule has 3 heteroatoms. The second-order valence-electron chi connectivity index (χ2n) is 5.12. The molecule has 2 N–H and O–H groups in total. The lowest BCUT2D eigenvalue weighted by Crippen LogP contribution is -2.29. The number of hydrogen-bond acceptors (Lipinski definition) is 2. The van der Waals surface area contributed by atoms with Gasteiger partial charge in [0.25, 0.3) is 0 Å². The van der Waals surface area contributed by atoms with E-state index in [1.165, 1.54) is 6.42 Å². The highest BCUT2D eigenvalue weighted by Gasteiger charge is 2.11. The van der Waals surface area contributed by atoms with Crippen LogP contribution in [0.3, 0.4) is 0 Å². The first-order valence-electron chi connectivity index (χ1n) is 6.93. The van der Waals surface area contributed by atoms with E-state index in [2.05, 4.69) is 17.5 Å². The van der Waals surface area contributed by atoms with Crippen molar-refractivity contribution in [3.8, 4) is 5.75 Å². The molecule has 19 heavy (non-hydrogen) atoms. The highest BCUT2D eigenvalue weighted by Crippen LogP contribution is 2.17. The Morgan fingerprint density at radius 2 is 2.05 bits per heavy atom. The second-order valence-corrected chi connectivity index (χ2v) is 5.12. The maximum Gasteiger partial charge on any atom is 0.220 e. The van der Waals surface area contributed by atoms with Gasteiger partial charge in [0.1, 0.15) is 5.75 Å². The Bertz CT molecular complexity index is 437. The molecule has 1 aromatic carbocycles. The van der Waals surface area contributed by atoms with Crippen LogP contribution in [-0.4, -0.2) is 17.6 Å². The number of rotatable bonds is 5. The SMILES string of the molecule is O=C(CCc1ccc(O)cc1)NCC1CC=CCC1. The van der Waals surface area contributed by atoms with Crippen molar-refractivity contribution < 1.29 is 9.90 Å². The van der Waals surface area contributed by atoms with E-state index in [4.69, 9.17) is 0 Å². The third-order valence-corrected chi connectivity index (χ3v) is 3.54. The van der Waals surface area contributed by atoms with E-state index in [0.29, 0.717) is 12.3 Å². The van der Waals surface area contributed by atoms with Gasteiger partial charge in [0.2, 0.25) is 5.91 Å². The Morgan fingerprint density at radius 3 is 2.74 bits per heavy atom. The number of amides is 1. The molecule has 102 valence electrons. The lowest BCUT2D eigenvalue weighted by molar-refractivity contribution is -0.121. The Hall–Kier alpha value is -1.77. The lowest BCUT2D eigenvalue weighted by Gasteiger charge is -2.18. The van der Waals surface area contributed by atoms with Crippen molar-refractivity contribution >= 4 is 5.91 Å². The van der Waals surface area contributed by atoms with Crippen LogP contribution in [-0.2, 0) is 11.2 Å². The quantitative estimate of drug-likeness (QED) is 0.799. The third kappa shape index (κ3) is 4.78. The van der Waals surface area contributed by atoms with E-state index < -0.39 is 0 Å². The van der Waals surface area contributed by atoms with Gasteiger partial charge in [-0.15, -0.1) is 0 Å². The molecule has 1 amide bonds. The highest BCUT2D eigenvalue weighted by atomic mass is 16.3. The number of carbonyl (C=O) groups is 1. The van der Waals surface area contributed by atoms with Gasteiger partial charge in [-0.3, -0.25) is 4.79 Å². The monoisotopic (exact) mass is 259 g/mol. The van der Waals surface area contributed by atoms with E-state index in [0.717, 1.165) is 31.4 Å². The summed E-state index contributed by atoms with van der Waals surface area (Å²) < 4.78 is 0. The maximum absolute atomic E-state index is 11.7. The molecule has 0 aliphatic heterocycles. The summed E-state index contributed by atoms with van der Waals surface area (Å²) >= 11 is 0. The zero-order chi connectivity index (χ0) is 13.5. The fraction of sp³-hybridized carbons (Fsp3) is 0.438. The number of aryl methyl sites for hydroxylation is 1. The Labute approximate surface area is 114 Å². The minimum atomic E-state index is 0.114. The molecule has 1 aliphatic carbocycles. The molecule has 0 radical (unpaired) electrons. The van der Waals surface area contributed by atoms with Crippen LogP contribution in [0.2, 0.25) is 0 Å². The molecule has 0 aromatic heterocycles. The molecule has 0 heterocycles. The summed E-state index contributed by atoms with van der Waals surface area (Å²) in [7, 11) is 0. The van der Waals surface area contributed by atoms with Gasteiger partial charge in [0.05, 0.1) is 0 Å². The Morgan fingerprint density at radius 1 is 1.26 bits per heavy atom. The average Bonchev–Trinajstić information content (AvgIpc) is 2.45. The Kier molecular flexibility index (Phi) is 5.01. The van der Waals surface area contributed by atoms with E-state index in [9.17, 15) is 9.90 Å². The highest BCUT2D eigenvalue weighted by molar-refractivity contribution is 5.76. The standard InChI is InChI=1S/C16H21NO2/c18-15-9-6-13(7-10-15)8-11-16(19)17-12-14-4-2-1-3-5-14/h1-2,6-7,9-10,14,18H,3-5,8,11-12H2,(H,17,19). The topological polar surface area (TPSA) is 49.3 Å². The molecular formula is C16H21NO2. The van der Waals surface area contributed by atoms with Crippen LogP contribution in [0.15, 0.2) is 36.4 Å². The fourth-order valence-electron chi connectivity index (χ4n) is 2.31. The minimum Gasteiger partial charge on any atom is -0.508 e. The molecule has 0 saturated heterocycles. The molecule has 3 nitrogen and oxygen atoms in total. The molecule has 0 fully saturated rings. The molecule has 1 aliphatic rings. The van der Waals surface area contributed by atoms with Crippen LogP contribution in [0.25, 0.3) is 0 Å². The van der Waals surface area contributed by atoms with E-state index in [1.54, 1.807) is 12.1 Å². The number of phenolic OH excluding ortho intramolecular Hbond substituents is 1. The van der Waals surface area contributed by atoms with Crippen LogP contribution in [0.1, 0.15) is 31.2 Å². The van der Waals surface area contributed by atoms with Crippen LogP contribution in [0.4, 0.5) is 0 Å². The smallest absolute Gasteiger partial charge is 0.220 e. The second kappa shape index (κ2) is 6.98. The van der Waals surface area contributed by atoms with Crippen LogP contribution in [0, 0.1) is 5.92 Å². The van der Waals surface area contributed by atoms with Gasteiger partial charge in [-0.25, -0.2) is 0 Å². The molecular weight excluding hydrogens is 238 g/mol.